The van der Waals surface area contributed by atoms with Gasteiger partial charge in [0.25, 0.3) is 0 Å². The summed E-state index contributed by atoms with van der Waals surface area (Å²) < 4.78 is 18.6. The van der Waals surface area contributed by atoms with E-state index in [0.29, 0.717) is 6.61 Å². The molecule has 0 fully saturated rings. The number of hydrogen-bond donors (Lipinski definition) is 0. The van der Waals surface area contributed by atoms with Crippen LogP contribution in [0.15, 0.2) is 76.3 Å². The summed E-state index contributed by atoms with van der Waals surface area (Å²) in [4.78, 5) is 0. The molecule has 0 spiro atoms. The molecule has 0 N–H and O–H groups in total. The first-order valence-electron chi connectivity index (χ1n) is 10.9. The van der Waals surface area contributed by atoms with Gasteiger partial charge in [-0.2, -0.15) is 5.10 Å². The fraction of sp³-hybridized carbons (Fsp3) is 0.269. The predicted molar refractivity (Wildman–Crippen MR) is 128 cm³/mol. The number of hydrazone groups is 1. The maximum absolute atomic E-state index is 6.47. The van der Waals surface area contributed by atoms with Crippen molar-refractivity contribution in [3.8, 4) is 17.2 Å². The van der Waals surface area contributed by atoms with Crippen LogP contribution in [0.3, 0.4) is 0 Å². The van der Waals surface area contributed by atoms with E-state index < -0.39 is 0 Å². The van der Waals surface area contributed by atoms with Crippen LogP contribution in [-0.2, 0) is 0 Å². The quantitative estimate of drug-likeness (QED) is 0.394. The van der Waals surface area contributed by atoms with Crippen LogP contribution >= 0.6 is 15.9 Å². The third-order valence-corrected chi connectivity index (χ3v) is 6.31. The minimum absolute atomic E-state index is 0.106. The summed E-state index contributed by atoms with van der Waals surface area (Å²) in [5.74, 6) is 2.61. The highest BCUT2D eigenvalue weighted by atomic mass is 79.9. The van der Waals surface area contributed by atoms with E-state index in [9.17, 15) is 0 Å². The molecule has 6 heteroatoms. The fourth-order valence-electron chi connectivity index (χ4n) is 4.18. The summed E-state index contributed by atoms with van der Waals surface area (Å²) in [7, 11) is 1.68. The van der Waals surface area contributed by atoms with Gasteiger partial charge in [-0.3, -0.25) is 0 Å². The third kappa shape index (κ3) is 3.95. The van der Waals surface area contributed by atoms with Gasteiger partial charge < -0.3 is 14.2 Å². The Hall–Kier alpha value is -2.99. The average Bonchev–Trinajstić information content (AvgIpc) is 3.29. The van der Waals surface area contributed by atoms with Gasteiger partial charge in [-0.05, 0) is 78.7 Å². The van der Waals surface area contributed by atoms with Crippen LogP contribution in [0.5, 0.6) is 17.2 Å². The molecule has 0 radical (unpaired) electrons. The van der Waals surface area contributed by atoms with E-state index in [0.717, 1.165) is 57.0 Å². The van der Waals surface area contributed by atoms with Crippen molar-refractivity contribution in [1.82, 2.24) is 5.01 Å². The highest BCUT2D eigenvalue weighted by molar-refractivity contribution is 9.10. The number of methoxy groups -OCH3 is 1. The molecule has 0 amide bonds. The lowest BCUT2D eigenvalue weighted by Gasteiger charge is -2.38. The van der Waals surface area contributed by atoms with Crippen LogP contribution < -0.4 is 14.2 Å². The first-order chi connectivity index (χ1) is 15.7. The lowest BCUT2D eigenvalue weighted by Crippen LogP contribution is -2.33. The molecule has 0 saturated carbocycles. The number of fused-ring (bicyclic) bond motifs is 3. The lowest BCUT2D eigenvalue weighted by molar-refractivity contribution is -0.0191. The summed E-state index contributed by atoms with van der Waals surface area (Å²) in [5, 5.41) is 7.13. The zero-order chi connectivity index (χ0) is 22.1. The molecule has 164 valence electrons. The van der Waals surface area contributed by atoms with Crippen molar-refractivity contribution < 1.29 is 14.2 Å². The maximum atomic E-state index is 6.47. The topological polar surface area (TPSA) is 43.3 Å². The van der Waals surface area contributed by atoms with E-state index in [1.165, 1.54) is 0 Å². The van der Waals surface area contributed by atoms with E-state index in [1.807, 2.05) is 36.4 Å². The molecule has 3 aromatic rings. The molecular weight excluding hydrogens is 468 g/mol. The molecule has 3 aromatic carbocycles. The van der Waals surface area contributed by atoms with Crippen molar-refractivity contribution >= 4 is 21.6 Å². The van der Waals surface area contributed by atoms with Gasteiger partial charge in [0.2, 0.25) is 6.23 Å². The Bertz CT molecular complexity index is 1130. The molecule has 2 atom stereocenters. The van der Waals surface area contributed by atoms with E-state index >= 15 is 0 Å². The van der Waals surface area contributed by atoms with E-state index in [-0.39, 0.29) is 12.3 Å². The Morgan fingerprint density at radius 3 is 2.50 bits per heavy atom. The van der Waals surface area contributed by atoms with Crippen LogP contribution in [0, 0.1) is 0 Å². The van der Waals surface area contributed by atoms with Gasteiger partial charge in [0.1, 0.15) is 17.2 Å². The molecule has 2 heterocycles. The van der Waals surface area contributed by atoms with Crippen LogP contribution in [0.4, 0.5) is 0 Å². The zero-order valence-electron chi connectivity index (χ0n) is 18.1. The number of nitrogens with zero attached hydrogens (tertiary/aromatic N) is 2. The average molecular weight is 493 g/mol. The highest BCUT2D eigenvalue weighted by Gasteiger charge is 2.41. The van der Waals surface area contributed by atoms with E-state index in [4.69, 9.17) is 19.3 Å². The second-order valence-electron chi connectivity index (χ2n) is 7.94. The largest absolute Gasteiger partial charge is 0.497 e. The van der Waals surface area contributed by atoms with Gasteiger partial charge in [-0.25, -0.2) is 5.01 Å². The molecule has 2 aliphatic heterocycles. The predicted octanol–water partition coefficient (Wildman–Crippen LogP) is 6.49. The highest BCUT2D eigenvalue weighted by Crippen LogP contribution is 2.48. The van der Waals surface area contributed by atoms with Crippen LogP contribution in [0.25, 0.3) is 0 Å². The van der Waals surface area contributed by atoms with E-state index in [2.05, 4.69) is 58.2 Å². The monoisotopic (exact) mass is 492 g/mol. The summed E-state index contributed by atoms with van der Waals surface area (Å²) in [5.41, 5.74) is 4.33. The molecule has 32 heavy (non-hydrogen) atoms. The number of halogens is 1. The standard InChI is InChI=1S/C26H25BrN2O3/c1-3-14-31-21-11-6-18(7-12-21)26-29-24(22-15-19(27)8-13-25(22)32-26)16-23(28-29)17-4-9-20(30-2)10-5-17/h4-13,15,24,26H,3,14,16H2,1-2H3/t24-,26-/m0/s1. The van der Waals surface area contributed by atoms with Crippen LogP contribution in [0.1, 0.15) is 48.7 Å². The van der Waals surface area contributed by atoms with Crippen molar-refractivity contribution in [3.05, 3.63) is 87.9 Å². The van der Waals surface area contributed by atoms with Crippen molar-refractivity contribution in [2.75, 3.05) is 13.7 Å². The molecule has 0 aromatic heterocycles. The second-order valence-corrected chi connectivity index (χ2v) is 8.86. The fourth-order valence-corrected chi connectivity index (χ4v) is 4.56. The van der Waals surface area contributed by atoms with Crippen molar-refractivity contribution in [1.29, 1.82) is 0 Å². The van der Waals surface area contributed by atoms with Gasteiger partial charge in [0.05, 0.1) is 25.5 Å². The summed E-state index contributed by atoms with van der Waals surface area (Å²) >= 11 is 3.61. The van der Waals surface area contributed by atoms with E-state index in [1.54, 1.807) is 7.11 Å². The van der Waals surface area contributed by atoms with Gasteiger partial charge in [-0.1, -0.05) is 22.9 Å². The minimum atomic E-state index is -0.301. The molecule has 0 saturated heterocycles. The van der Waals surface area contributed by atoms with Crippen LogP contribution in [0.2, 0.25) is 0 Å². The van der Waals surface area contributed by atoms with Gasteiger partial charge in [0.15, 0.2) is 0 Å². The van der Waals surface area contributed by atoms with Crippen molar-refractivity contribution in [2.24, 2.45) is 5.10 Å². The number of benzene rings is 3. The van der Waals surface area contributed by atoms with Crippen molar-refractivity contribution in [3.63, 3.8) is 0 Å². The Morgan fingerprint density at radius 2 is 1.78 bits per heavy atom. The number of rotatable bonds is 6. The molecular formula is C26H25BrN2O3. The molecule has 5 nitrogen and oxygen atoms in total. The normalized spacial score (nSPS) is 19.0. The maximum Gasteiger partial charge on any atom is 0.213 e. The summed E-state index contributed by atoms with van der Waals surface area (Å²) in [6.45, 7) is 2.82. The zero-order valence-corrected chi connectivity index (χ0v) is 19.7. The summed E-state index contributed by atoms with van der Waals surface area (Å²) in [6.07, 6.45) is 1.50. The minimum Gasteiger partial charge on any atom is -0.497 e. The first-order valence-corrected chi connectivity index (χ1v) is 11.6. The molecule has 5 rings (SSSR count). The number of ether oxygens (including phenoxy) is 3. The van der Waals surface area contributed by atoms with Crippen LogP contribution in [-0.4, -0.2) is 24.4 Å². The van der Waals surface area contributed by atoms with Gasteiger partial charge in [0, 0.05) is 22.0 Å². The Kier molecular flexibility index (Phi) is 5.79. The number of hydrogen-bond acceptors (Lipinski definition) is 5. The summed E-state index contributed by atoms with van der Waals surface area (Å²) in [6, 6.07) is 22.5. The third-order valence-electron chi connectivity index (χ3n) is 5.81. The molecule has 0 unspecified atom stereocenters. The lowest BCUT2D eigenvalue weighted by atomic mass is 9.96. The Morgan fingerprint density at radius 1 is 1.03 bits per heavy atom. The molecule has 2 aliphatic rings. The van der Waals surface area contributed by atoms with Gasteiger partial charge >= 0.3 is 0 Å². The van der Waals surface area contributed by atoms with Gasteiger partial charge in [-0.15, -0.1) is 0 Å². The molecule has 0 bridgehead atoms. The Labute approximate surface area is 196 Å². The smallest absolute Gasteiger partial charge is 0.213 e. The Balaban J connectivity index is 1.50. The molecule has 0 aliphatic carbocycles. The van der Waals surface area contributed by atoms with Crippen molar-refractivity contribution in [2.45, 2.75) is 32.0 Å². The first kappa shape index (κ1) is 20.9. The SMILES string of the molecule is CCCOc1ccc([C@@H]2Oc3ccc(Br)cc3[C@@H]3CC(c4ccc(OC)cc4)=NN32)cc1. The second kappa shape index (κ2) is 8.87.